The first-order valence-corrected chi connectivity index (χ1v) is 4.88. The van der Waals surface area contributed by atoms with Gasteiger partial charge in [-0.15, -0.1) is 0 Å². The van der Waals surface area contributed by atoms with Gasteiger partial charge < -0.3 is 9.52 Å². The summed E-state index contributed by atoms with van der Waals surface area (Å²) >= 11 is 0. The van der Waals surface area contributed by atoms with Crippen LogP contribution in [0.25, 0.3) is 11.0 Å². The van der Waals surface area contributed by atoms with E-state index in [1.165, 1.54) is 0 Å². The standard InChI is InChI=1S/C12H12O3/c1-3-8-5-9-10(13)6-12(14)15-11(9)4-7(8)2/h4-6,13H,3H2,1-2H3. The second-order valence-corrected chi connectivity index (χ2v) is 3.58. The molecule has 0 atom stereocenters. The van der Waals surface area contributed by atoms with Crippen LogP contribution in [0.2, 0.25) is 0 Å². The maximum atomic E-state index is 11.0. The van der Waals surface area contributed by atoms with Crippen molar-refractivity contribution in [2.45, 2.75) is 20.3 Å². The Bertz CT molecular complexity index is 567. The molecule has 1 aromatic heterocycles. The van der Waals surface area contributed by atoms with Gasteiger partial charge in [0.15, 0.2) is 0 Å². The molecule has 78 valence electrons. The van der Waals surface area contributed by atoms with E-state index in [2.05, 4.69) is 0 Å². The van der Waals surface area contributed by atoms with Crippen LogP contribution in [0.3, 0.4) is 0 Å². The molecule has 0 fully saturated rings. The van der Waals surface area contributed by atoms with Crippen LogP contribution in [0.5, 0.6) is 5.75 Å². The Morgan fingerprint density at radius 1 is 1.33 bits per heavy atom. The predicted molar refractivity (Wildman–Crippen MR) is 58.3 cm³/mol. The van der Waals surface area contributed by atoms with Crippen molar-refractivity contribution in [2.24, 2.45) is 0 Å². The summed E-state index contributed by atoms with van der Waals surface area (Å²) in [6.07, 6.45) is 0.889. The van der Waals surface area contributed by atoms with Crippen molar-refractivity contribution in [3.8, 4) is 5.75 Å². The highest BCUT2D eigenvalue weighted by Gasteiger charge is 2.07. The number of fused-ring (bicyclic) bond motifs is 1. The number of hydrogen-bond donors (Lipinski definition) is 1. The molecule has 0 bridgehead atoms. The highest BCUT2D eigenvalue weighted by molar-refractivity contribution is 5.84. The van der Waals surface area contributed by atoms with Gasteiger partial charge in [0.1, 0.15) is 11.3 Å². The quantitative estimate of drug-likeness (QED) is 0.725. The summed E-state index contributed by atoms with van der Waals surface area (Å²) < 4.78 is 5.01. The van der Waals surface area contributed by atoms with Crippen LogP contribution in [0, 0.1) is 6.92 Å². The van der Waals surface area contributed by atoms with E-state index in [1.807, 2.05) is 19.9 Å². The summed E-state index contributed by atoms with van der Waals surface area (Å²) in [4.78, 5) is 11.0. The fraction of sp³-hybridized carbons (Fsp3) is 0.250. The molecule has 0 saturated carbocycles. The van der Waals surface area contributed by atoms with Gasteiger partial charge in [-0.05, 0) is 36.6 Å². The topological polar surface area (TPSA) is 50.4 Å². The van der Waals surface area contributed by atoms with Gasteiger partial charge in [0, 0.05) is 0 Å². The van der Waals surface area contributed by atoms with Gasteiger partial charge in [0.05, 0.1) is 11.5 Å². The maximum Gasteiger partial charge on any atom is 0.339 e. The zero-order chi connectivity index (χ0) is 11.0. The minimum absolute atomic E-state index is 0.0176. The molecule has 1 aromatic carbocycles. The van der Waals surface area contributed by atoms with Crippen molar-refractivity contribution < 1.29 is 9.52 Å². The second kappa shape index (κ2) is 3.42. The summed E-state index contributed by atoms with van der Waals surface area (Å²) in [6, 6.07) is 4.75. The molecular formula is C12H12O3. The summed E-state index contributed by atoms with van der Waals surface area (Å²) in [6.45, 7) is 4.01. The van der Waals surface area contributed by atoms with Crippen molar-refractivity contribution in [1.29, 1.82) is 0 Å². The molecular weight excluding hydrogens is 192 g/mol. The summed E-state index contributed by atoms with van der Waals surface area (Å²) in [7, 11) is 0. The lowest BCUT2D eigenvalue weighted by molar-refractivity contribution is 0.468. The third-order valence-corrected chi connectivity index (χ3v) is 2.56. The number of hydrogen-bond acceptors (Lipinski definition) is 3. The maximum absolute atomic E-state index is 11.0. The Kier molecular flexibility index (Phi) is 2.23. The van der Waals surface area contributed by atoms with Gasteiger partial charge in [0.25, 0.3) is 0 Å². The van der Waals surface area contributed by atoms with E-state index in [0.717, 1.165) is 23.6 Å². The van der Waals surface area contributed by atoms with E-state index in [-0.39, 0.29) is 5.75 Å². The Morgan fingerprint density at radius 3 is 2.73 bits per heavy atom. The number of benzene rings is 1. The molecule has 0 unspecified atom stereocenters. The summed E-state index contributed by atoms with van der Waals surface area (Å²) in [5.74, 6) is -0.0176. The van der Waals surface area contributed by atoms with Crippen molar-refractivity contribution in [2.75, 3.05) is 0 Å². The number of aromatic hydroxyl groups is 1. The first kappa shape index (κ1) is 9.77. The zero-order valence-corrected chi connectivity index (χ0v) is 8.70. The van der Waals surface area contributed by atoms with Crippen LogP contribution >= 0.6 is 0 Å². The second-order valence-electron chi connectivity index (χ2n) is 3.58. The highest BCUT2D eigenvalue weighted by atomic mass is 16.4. The van der Waals surface area contributed by atoms with Crippen LogP contribution in [0.15, 0.2) is 27.4 Å². The average molecular weight is 204 g/mol. The summed E-state index contributed by atoms with van der Waals surface area (Å²) in [5, 5.41) is 10.2. The van der Waals surface area contributed by atoms with E-state index >= 15 is 0 Å². The molecule has 3 nitrogen and oxygen atoms in total. The normalized spacial score (nSPS) is 10.8. The predicted octanol–water partition coefficient (Wildman–Crippen LogP) is 2.37. The van der Waals surface area contributed by atoms with Gasteiger partial charge >= 0.3 is 5.63 Å². The van der Waals surface area contributed by atoms with Crippen molar-refractivity contribution in [3.63, 3.8) is 0 Å². The molecule has 0 aliphatic heterocycles. The number of aryl methyl sites for hydroxylation is 2. The molecule has 0 aliphatic carbocycles. The van der Waals surface area contributed by atoms with Crippen LogP contribution in [-0.4, -0.2) is 5.11 Å². The summed E-state index contributed by atoms with van der Waals surface area (Å²) in [5.41, 5.74) is 2.13. The molecule has 0 amide bonds. The molecule has 0 aliphatic rings. The van der Waals surface area contributed by atoms with Crippen LogP contribution in [-0.2, 0) is 6.42 Å². The van der Waals surface area contributed by atoms with Gasteiger partial charge in [-0.25, -0.2) is 4.79 Å². The Balaban J connectivity index is 2.87. The van der Waals surface area contributed by atoms with Crippen LogP contribution in [0.4, 0.5) is 0 Å². The van der Waals surface area contributed by atoms with Crippen molar-refractivity contribution >= 4 is 11.0 Å². The van der Waals surface area contributed by atoms with E-state index in [0.29, 0.717) is 11.0 Å². The minimum Gasteiger partial charge on any atom is -0.507 e. The largest absolute Gasteiger partial charge is 0.507 e. The van der Waals surface area contributed by atoms with E-state index in [9.17, 15) is 9.90 Å². The molecule has 1 N–H and O–H groups in total. The third-order valence-electron chi connectivity index (χ3n) is 2.56. The highest BCUT2D eigenvalue weighted by Crippen LogP contribution is 2.25. The smallest absolute Gasteiger partial charge is 0.339 e. The van der Waals surface area contributed by atoms with Gasteiger partial charge in [0.2, 0.25) is 0 Å². The molecule has 0 radical (unpaired) electrons. The lowest BCUT2D eigenvalue weighted by Gasteiger charge is -2.05. The van der Waals surface area contributed by atoms with Crippen LogP contribution < -0.4 is 5.63 Å². The molecule has 3 heteroatoms. The molecule has 0 saturated heterocycles. The monoisotopic (exact) mass is 204 g/mol. The van der Waals surface area contributed by atoms with Gasteiger partial charge in [-0.1, -0.05) is 6.92 Å². The molecule has 0 spiro atoms. The lowest BCUT2D eigenvalue weighted by atomic mass is 10.0. The fourth-order valence-electron chi connectivity index (χ4n) is 1.72. The van der Waals surface area contributed by atoms with Gasteiger partial charge in [-0.3, -0.25) is 0 Å². The van der Waals surface area contributed by atoms with E-state index in [1.54, 1.807) is 6.07 Å². The minimum atomic E-state index is -0.524. The average Bonchev–Trinajstić information content (AvgIpc) is 2.16. The Hall–Kier alpha value is -1.77. The number of rotatable bonds is 1. The zero-order valence-electron chi connectivity index (χ0n) is 8.70. The van der Waals surface area contributed by atoms with Crippen LogP contribution in [0.1, 0.15) is 18.1 Å². The first-order valence-electron chi connectivity index (χ1n) is 4.88. The fourth-order valence-corrected chi connectivity index (χ4v) is 1.72. The molecule has 2 aromatic rings. The van der Waals surface area contributed by atoms with E-state index in [4.69, 9.17) is 4.42 Å². The Morgan fingerprint density at radius 2 is 2.07 bits per heavy atom. The molecule has 15 heavy (non-hydrogen) atoms. The van der Waals surface area contributed by atoms with E-state index < -0.39 is 5.63 Å². The molecule has 1 heterocycles. The third kappa shape index (κ3) is 1.61. The lowest BCUT2D eigenvalue weighted by Crippen LogP contribution is -1.97. The van der Waals surface area contributed by atoms with Crippen molar-refractivity contribution in [1.82, 2.24) is 0 Å². The Labute approximate surface area is 87.0 Å². The molecule has 2 rings (SSSR count). The first-order chi connectivity index (χ1) is 7.11. The SMILES string of the molecule is CCc1cc2c(O)cc(=O)oc2cc1C. The van der Waals surface area contributed by atoms with Crippen molar-refractivity contribution in [3.05, 3.63) is 39.7 Å². The van der Waals surface area contributed by atoms with Gasteiger partial charge in [-0.2, -0.15) is 0 Å².